The largest absolute Gasteiger partial charge is 0.488 e. The van der Waals surface area contributed by atoms with E-state index in [9.17, 15) is 9.59 Å². The van der Waals surface area contributed by atoms with Gasteiger partial charge in [-0.2, -0.15) is 0 Å². The number of amides is 2. The number of hydrogen-bond acceptors (Lipinski definition) is 3. The minimum atomic E-state index is -0.256. The summed E-state index contributed by atoms with van der Waals surface area (Å²) >= 11 is 5.97. The predicted molar refractivity (Wildman–Crippen MR) is 93.4 cm³/mol. The Morgan fingerprint density at radius 3 is 2.54 bits per heavy atom. The first-order valence-electron chi connectivity index (χ1n) is 7.33. The molecule has 2 aromatic rings. The van der Waals surface area contributed by atoms with Gasteiger partial charge in [0, 0.05) is 28.9 Å². The van der Waals surface area contributed by atoms with Gasteiger partial charge >= 0.3 is 0 Å². The van der Waals surface area contributed by atoms with Crippen LogP contribution in [0.4, 0.5) is 5.69 Å². The Morgan fingerprint density at radius 2 is 1.83 bits per heavy atom. The average molecular weight is 343 g/mol. The van der Waals surface area contributed by atoms with Gasteiger partial charge in [-0.3, -0.25) is 9.59 Å². The van der Waals surface area contributed by atoms with Crippen LogP contribution in [-0.2, 0) is 4.79 Å². The van der Waals surface area contributed by atoms with Crippen LogP contribution in [0.2, 0.25) is 5.02 Å². The van der Waals surface area contributed by atoms with Crippen molar-refractivity contribution in [2.45, 2.75) is 0 Å². The molecule has 122 valence electrons. The predicted octanol–water partition coefficient (Wildman–Crippen LogP) is 3.11. The number of hydrogen-bond donors (Lipinski definition) is 2. The highest BCUT2D eigenvalue weighted by Crippen LogP contribution is 2.29. The molecule has 0 saturated heterocycles. The number of anilines is 1. The molecule has 0 spiro atoms. The minimum absolute atomic E-state index is 0.176. The second-order valence-electron chi connectivity index (χ2n) is 5.25. The van der Waals surface area contributed by atoms with Crippen molar-refractivity contribution < 1.29 is 14.3 Å². The van der Waals surface area contributed by atoms with Crippen LogP contribution in [0.5, 0.6) is 5.75 Å². The third-order valence-electron chi connectivity index (χ3n) is 3.61. The first-order valence-corrected chi connectivity index (χ1v) is 7.71. The lowest BCUT2D eigenvalue weighted by Gasteiger charge is -2.18. The molecule has 2 N–H and O–H groups in total. The van der Waals surface area contributed by atoms with E-state index in [1.165, 1.54) is 0 Å². The van der Waals surface area contributed by atoms with Crippen LogP contribution in [0.3, 0.4) is 0 Å². The van der Waals surface area contributed by atoms with Gasteiger partial charge in [0.2, 0.25) is 0 Å². The van der Waals surface area contributed by atoms with Crippen molar-refractivity contribution in [3.05, 3.63) is 64.2 Å². The molecule has 1 heterocycles. The second kappa shape index (κ2) is 6.76. The summed E-state index contributed by atoms with van der Waals surface area (Å²) in [6.45, 7) is 0.191. The molecule has 0 aromatic heterocycles. The highest BCUT2D eigenvalue weighted by Gasteiger charge is 2.17. The van der Waals surface area contributed by atoms with Gasteiger partial charge < -0.3 is 15.4 Å². The van der Waals surface area contributed by atoms with Gasteiger partial charge in [-0.05, 0) is 48.5 Å². The molecule has 1 aliphatic heterocycles. The Morgan fingerprint density at radius 1 is 1.08 bits per heavy atom. The molecule has 0 radical (unpaired) electrons. The van der Waals surface area contributed by atoms with E-state index in [4.69, 9.17) is 16.3 Å². The number of fused-ring (bicyclic) bond motifs is 1. The van der Waals surface area contributed by atoms with Gasteiger partial charge in [0.1, 0.15) is 12.4 Å². The van der Waals surface area contributed by atoms with E-state index >= 15 is 0 Å². The minimum Gasteiger partial charge on any atom is -0.488 e. The lowest BCUT2D eigenvalue weighted by molar-refractivity contribution is -0.113. The van der Waals surface area contributed by atoms with Crippen molar-refractivity contribution in [3.63, 3.8) is 0 Å². The fraction of sp³-hybridized carbons (Fsp3) is 0.111. The van der Waals surface area contributed by atoms with Crippen molar-refractivity contribution in [1.82, 2.24) is 5.32 Å². The molecule has 6 heteroatoms. The topological polar surface area (TPSA) is 67.4 Å². The van der Waals surface area contributed by atoms with E-state index in [1.54, 1.807) is 55.6 Å². The lowest BCUT2D eigenvalue weighted by Crippen LogP contribution is -2.21. The normalized spacial score (nSPS) is 12.5. The first kappa shape index (κ1) is 16.1. The second-order valence-corrected chi connectivity index (χ2v) is 5.69. The molecule has 24 heavy (non-hydrogen) atoms. The molecule has 0 aliphatic carbocycles. The van der Waals surface area contributed by atoms with Crippen LogP contribution in [0, 0.1) is 0 Å². The van der Waals surface area contributed by atoms with Gasteiger partial charge in [0.15, 0.2) is 0 Å². The Bertz CT molecular complexity index is 829. The number of ether oxygens (including phenoxy) is 1. The van der Waals surface area contributed by atoms with Crippen LogP contribution in [-0.4, -0.2) is 25.5 Å². The Hall–Kier alpha value is -2.79. The van der Waals surface area contributed by atoms with Crippen molar-refractivity contribution >= 4 is 35.2 Å². The van der Waals surface area contributed by atoms with Gasteiger partial charge in [-0.25, -0.2) is 0 Å². The zero-order valence-corrected chi connectivity index (χ0v) is 13.7. The van der Waals surface area contributed by atoms with Crippen molar-refractivity contribution in [1.29, 1.82) is 0 Å². The smallest absolute Gasteiger partial charge is 0.255 e. The number of nitrogens with one attached hydrogen (secondary N) is 2. The third-order valence-corrected chi connectivity index (χ3v) is 3.84. The molecule has 1 aliphatic rings. The van der Waals surface area contributed by atoms with Crippen molar-refractivity contribution in [2.75, 3.05) is 19.0 Å². The number of benzene rings is 2. The summed E-state index contributed by atoms with van der Waals surface area (Å²) in [4.78, 5) is 23.9. The fourth-order valence-corrected chi connectivity index (χ4v) is 2.52. The molecular formula is C18H15ClN2O3. The number of carbonyl (C=O) groups excluding carboxylic acids is 2. The molecule has 0 saturated carbocycles. The highest BCUT2D eigenvalue weighted by molar-refractivity contribution is 6.30. The molecule has 0 fully saturated rings. The monoisotopic (exact) mass is 342 g/mol. The van der Waals surface area contributed by atoms with Crippen LogP contribution in [0.1, 0.15) is 15.9 Å². The van der Waals surface area contributed by atoms with Crippen LogP contribution < -0.4 is 15.4 Å². The summed E-state index contributed by atoms with van der Waals surface area (Å²) in [5.41, 5.74) is 2.40. The third kappa shape index (κ3) is 3.41. The fourth-order valence-electron chi connectivity index (χ4n) is 2.34. The lowest BCUT2D eigenvalue weighted by atomic mass is 10.1. The maximum absolute atomic E-state index is 12.4. The maximum atomic E-state index is 12.4. The van der Waals surface area contributed by atoms with Gasteiger partial charge in [-0.15, -0.1) is 0 Å². The maximum Gasteiger partial charge on any atom is 0.255 e. The van der Waals surface area contributed by atoms with E-state index in [2.05, 4.69) is 10.6 Å². The molecule has 0 atom stereocenters. The van der Waals surface area contributed by atoms with Crippen molar-refractivity contribution in [3.8, 4) is 5.75 Å². The Balaban J connectivity index is 1.74. The molecule has 0 unspecified atom stereocenters. The zero-order valence-electron chi connectivity index (χ0n) is 12.9. The van der Waals surface area contributed by atoms with Crippen molar-refractivity contribution in [2.24, 2.45) is 0 Å². The van der Waals surface area contributed by atoms with Gasteiger partial charge in [0.25, 0.3) is 11.8 Å². The van der Waals surface area contributed by atoms with Crippen LogP contribution in [0.15, 0.2) is 48.0 Å². The summed E-state index contributed by atoms with van der Waals surface area (Å²) in [5, 5.41) is 5.92. The van der Waals surface area contributed by atoms with Crippen LogP contribution in [0.25, 0.3) is 6.08 Å². The summed E-state index contributed by atoms with van der Waals surface area (Å²) < 4.78 is 5.57. The summed E-state index contributed by atoms with van der Waals surface area (Å²) in [6, 6.07) is 11.9. The van der Waals surface area contributed by atoms with Crippen LogP contribution >= 0.6 is 11.6 Å². The molecular weight excluding hydrogens is 328 g/mol. The van der Waals surface area contributed by atoms with E-state index in [0.29, 0.717) is 27.6 Å². The Labute approximate surface area is 144 Å². The summed E-state index contributed by atoms with van der Waals surface area (Å²) in [6.07, 6.45) is 1.76. The summed E-state index contributed by atoms with van der Waals surface area (Å²) in [7, 11) is 1.57. The summed E-state index contributed by atoms with van der Waals surface area (Å²) in [5.74, 6) is 0.268. The number of rotatable bonds is 3. The van der Waals surface area contributed by atoms with E-state index in [0.717, 1.165) is 5.56 Å². The zero-order chi connectivity index (χ0) is 17.1. The molecule has 5 nitrogen and oxygen atoms in total. The van der Waals surface area contributed by atoms with E-state index in [1.807, 2.05) is 0 Å². The SMILES string of the molecule is CNC(=O)c1ccc(NC(=O)C2=Cc3cc(Cl)ccc3OC2)cc1. The van der Waals surface area contributed by atoms with E-state index < -0.39 is 0 Å². The molecule has 2 aromatic carbocycles. The highest BCUT2D eigenvalue weighted by atomic mass is 35.5. The standard InChI is InChI=1S/C18H15ClN2O3/c1-20-17(22)11-2-5-15(6-3-11)21-18(23)13-8-12-9-14(19)4-7-16(12)24-10-13/h2-9H,10H2,1H3,(H,20,22)(H,21,23). The molecule has 2 amide bonds. The molecule has 0 bridgehead atoms. The quantitative estimate of drug-likeness (QED) is 0.900. The first-order chi connectivity index (χ1) is 11.6. The molecule has 3 rings (SSSR count). The number of halogens is 1. The Kier molecular flexibility index (Phi) is 4.53. The van der Waals surface area contributed by atoms with E-state index in [-0.39, 0.29) is 18.4 Å². The van der Waals surface area contributed by atoms with Gasteiger partial charge in [0.05, 0.1) is 5.57 Å². The average Bonchev–Trinajstić information content (AvgIpc) is 2.61. The number of carbonyl (C=O) groups is 2. The van der Waals surface area contributed by atoms with Gasteiger partial charge in [-0.1, -0.05) is 11.6 Å².